The highest BCUT2D eigenvalue weighted by Crippen LogP contribution is 2.39. The molecule has 8 nitrogen and oxygen atoms in total. The van der Waals surface area contributed by atoms with Crippen LogP contribution in [0.2, 0.25) is 0 Å². The van der Waals surface area contributed by atoms with Crippen molar-refractivity contribution in [3.8, 4) is 0 Å². The van der Waals surface area contributed by atoms with Crippen LogP contribution in [-0.2, 0) is 14.2 Å². The summed E-state index contributed by atoms with van der Waals surface area (Å²) in [5, 5.41) is 3.31. The van der Waals surface area contributed by atoms with Crippen molar-refractivity contribution in [1.29, 1.82) is 0 Å². The summed E-state index contributed by atoms with van der Waals surface area (Å²) in [6.07, 6.45) is -0.808. The Morgan fingerprint density at radius 1 is 1.03 bits per heavy atom. The molecule has 1 aliphatic rings. The minimum Gasteiger partial charge on any atom is -0.461 e. The molecule has 150 valence electrons. The van der Waals surface area contributed by atoms with Crippen molar-refractivity contribution in [2.24, 2.45) is 5.11 Å². The quantitative estimate of drug-likeness (QED) is 0.295. The number of thioether (sulfide) groups is 1. The van der Waals surface area contributed by atoms with Crippen molar-refractivity contribution in [1.82, 2.24) is 0 Å². The van der Waals surface area contributed by atoms with Gasteiger partial charge in [0, 0.05) is 12.0 Å². The number of carbonyl (C=O) groups excluding carboxylic acids is 2. The number of methoxy groups -OCH3 is 1. The summed E-state index contributed by atoms with van der Waals surface area (Å²) in [7, 11) is 1.48. The van der Waals surface area contributed by atoms with Crippen LogP contribution in [0.1, 0.15) is 20.7 Å². The van der Waals surface area contributed by atoms with E-state index in [4.69, 9.17) is 19.7 Å². The van der Waals surface area contributed by atoms with Gasteiger partial charge in [0.15, 0.2) is 0 Å². The average Bonchev–Trinajstić information content (AvgIpc) is 3.09. The zero-order valence-electron chi connectivity index (χ0n) is 15.6. The average molecular weight is 413 g/mol. The summed E-state index contributed by atoms with van der Waals surface area (Å²) in [5.41, 5.74) is 9.19. The summed E-state index contributed by atoms with van der Waals surface area (Å²) in [5.74, 6) is -1.04. The Labute approximate surface area is 171 Å². The fraction of sp³-hybridized carbons (Fsp3) is 0.300. The van der Waals surface area contributed by atoms with E-state index in [0.717, 1.165) is 0 Å². The van der Waals surface area contributed by atoms with Crippen LogP contribution in [0, 0.1) is 0 Å². The van der Waals surface area contributed by atoms with Crippen LogP contribution in [0.15, 0.2) is 65.8 Å². The molecule has 0 unspecified atom stereocenters. The first-order valence-electron chi connectivity index (χ1n) is 8.84. The Morgan fingerprint density at radius 2 is 1.62 bits per heavy atom. The highest BCUT2D eigenvalue weighted by Gasteiger charge is 2.47. The monoisotopic (exact) mass is 413 g/mol. The first-order valence-corrected chi connectivity index (χ1v) is 9.79. The molecule has 1 saturated heterocycles. The van der Waals surface area contributed by atoms with E-state index in [1.807, 2.05) is 0 Å². The Kier molecular flexibility index (Phi) is 7.13. The summed E-state index contributed by atoms with van der Waals surface area (Å²) < 4.78 is 16.4. The van der Waals surface area contributed by atoms with Gasteiger partial charge >= 0.3 is 11.9 Å². The van der Waals surface area contributed by atoms with Gasteiger partial charge in [0.1, 0.15) is 24.2 Å². The van der Waals surface area contributed by atoms with Crippen LogP contribution in [0.5, 0.6) is 0 Å². The van der Waals surface area contributed by atoms with Crippen LogP contribution in [0.4, 0.5) is 0 Å². The van der Waals surface area contributed by atoms with Crippen LogP contribution >= 0.6 is 11.8 Å². The van der Waals surface area contributed by atoms with Gasteiger partial charge in [0.25, 0.3) is 0 Å². The third kappa shape index (κ3) is 5.08. The fourth-order valence-electron chi connectivity index (χ4n) is 2.94. The van der Waals surface area contributed by atoms with Crippen LogP contribution in [0.25, 0.3) is 10.4 Å². The normalized spacial score (nSPS) is 23.1. The molecule has 0 saturated carbocycles. The van der Waals surface area contributed by atoms with Crippen molar-refractivity contribution < 1.29 is 23.8 Å². The summed E-state index contributed by atoms with van der Waals surface area (Å²) in [4.78, 5) is 27.6. The van der Waals surface area contributed by atoms with E-state index >= 15 is 0 Å². The molecule has 0 bridgehead atoms. The lowest BCUT2D eigenvalue weighted by Crippen LogP contribution is -2.38. The van der Waals surface area contributed by atoms with Crippen molar-refractivity contribution in [2.75, 3.05) is 13.7 Å². The molecule has 0 aromatic heterocycles. The number of carbonyl (C=O) groups is 2. The number of benzene rings is 2. The first-order chi connectivity index (χ1) is 14.1. The molecule has 0 amide bonds. The smallest absolute Gasteiger partial charge is 0.338 e. The predicted molar refractivity (Wildman–Crippen MR) is 107 cm³/mol. The third-order valence-corrected chi connectivity index (χ3v) is 5.84. The SMILES string of the molecule is CO[C@H]1S[C@H](COC(=O)c2ccccc2)[C@@H](OC(=O)c2ccccc2)[C@@H]1N=[N+]=[N-]. The van der Waals surface area contributed by atoms with Gasteiger partial charge in [-0.1, -0.05) is 41.5 Å². The number of esters is 2. The molecule has 1 aliphatic heterocycles. The Hall–Kier alpha value is -3.00. The number of hydrogen-bond donors (Lipinski definition) is 0. The maximum Gasteiger partial charge on any atom is 0.338 e. The minimum absolute atomic E-state index is 0.0254. The van der Waals surface area contributed by atoms with Gasteiger partial charge in [-0.05, 0) is 29.8 Å². The van der Waals surface area contributed by atoms with Gasteiger partial charge in [0.2, 0.25) is 0 Å². The lowest BCUT2D eigenvalue weighted by molar-refractivity contribution is 0.00918. The summed E-state index contributed by atoms with van der Waals surface area (Å²) in [6, 6.07) is 16.3. The van der Waals surface area contributed by atoms with Gasteiger partial charge in [-0.3, -0.25) is 0 Å². The van der Waals surface area contributed by atoms with Crippen molar-refractivity contribution in [2.45, 2.75) is 22.8 Å². The van der Waals surface area contributed by atoms with E-state index < -0.39 is 34.8 Å². The summed E-state index contributed by atoms with van der Waals surface area (Å²) >= 11 is 1.30. The molecule has 29 heavy (non-hydrogen) atoms. The zero-order valence-corrected chi connectivity index (χ0v) is 16.4. The highest BCUT2D eigenvalue weighted by molar-refractivity contribution is 8.00. The van der Waals surface area contributed by atoms with E-state index in [0.29, 0.717) is 11.1 Å². The standard InChI is InChI=1S/C20H19N3O5S/c1-26-20-16(22-23-21)17(28-19(25)14-10-6-3-7-11-14)15(29-20)12-27-18(24)13-8-4-2-5-9-13/h2-11,15-17,20H,12H2,1H3/t15-,16+,17-,20+/m1/s1. The number of hydrogen-bond acceptors (Lipinski definition) is 7. The molecular formula is C20H19N3O5S. The lowest BCUT2D eigenvalue weighted by atomic mass is 10.1. The van der Waals surface area contributed by atoms with E-state index in [1.54, 1.807) is 60.7 Å². The van der Waals surface area contributed by atoms with Gasteiger partial charge in [-0.25, -0.2) is 9.59 Å². The number of ether oxygens (including phenoxy) is 3. The summed E-state index contributed by atoms with van der Waals surface area (Å²) in [6.45, 7) is -0.0254. The molecule has 0 spiro atoms. The number of nitrogens with zero attached hydrogens (tertiary/aromatic N) is 3. The van der Waals surface area contributed by atoms with Crippen LogP contribution < -0.4 is 0 Å². The number of rotatable bonds is 7. The fourth-order valence-corrected chi connectivity index (χ4v) is 4.28. The minimum atomic E-state index is -0.808. The molecule has 1 heterocycles. The molecule has 9 heteroatoms. The predicted octanol–water partition coefficient (Wildman–Crippen LogP) is 3.84. The Morgan fingerprint density at radius 3 is 2.17 bits per heavy atom. The molecule has 0 radical (unpaired) electrons. The van der Waals surface area contributed by atoms with E-state index in [-0.39, 0.29) is 6.61 Å². The van der Waals surface area contributed by atoms with Crippen molar-refractivity contribution >= 4 is 23.7 Å². The third-order valence-electron chi connectivity index (χ3n) is 4.35. The molecule has 0 N–H and O–H groups in total. The molecule has 0 aliphatic carbocycles. The van der Waals surface area contributed by atoms with Crippen LogP contribution in [0.3, 0.4) is 0 Å². The van der Waals surface area contributed by atoms with Gasteiger partial charge < -0.3 is 14.2 Å². The van der Waals surface area contributed by atoms with Crippen molar-refractivity contribution in [3.63, 3.8) is 0 Å². The molecule has 4 atom stereocenters. The lowest BCUT2D eigenvalue weighted by Gasteiger charge is -2.22. The van der Waals surface area contributed by atoms with Gasteiger partial charge in [-0.2, -0.15) is 0 Å². The van der Waals surface area contributed by atoms with E-state index in [1.165, 1.54) is 18.9 Å². The highest BCUT2D eigenvalue weighted by atomic mass is 32.2. The van der Waals surface area contributed by atoms with Gasteiger partial charge in [-0.15, -0.1) is 11.8 Å². The second-order valence-electron chi connectivity index (χ2n) is 6.17. The molecule has 3 rings (SSSR count). The van der Waals surface area contributed by atoms with Crippen LogP contribution in [-0.4, -0.2) is 48.5 Å². The Bertz CT molecular complexity index is 890. The maximum absolute atomic E-state index is 12.5. The topological polar surface area (TPSA) is 111 Å². The molecule has 2 aromatic carbocycles. The maximum atomic E-state index is 12.5. The Balaban J connectivity index is 1.74. The van der Waals surface area contributed by atoms with E-state index in [2.05, 4.69) is 10.0 Å². The van der Waals surface area contributed by atoms with Gasteiger partial charge in [0.05, 0.1) is 16.4 Å². The van der Waals surface area contributed by atoms with Crippen molar-refractivity contribution in [3.05, 3.63) is 82.2 Å². The van der Waals surface area contributed by atoms with E-state index in [9.17, 15) is 9.59 Å². The number of azide groups is 1. The molecule has 1 fully saturated rings. The molecular weight excluding hydrogens is 394 g/mol. The second-order valence-corrected chi connectivity index (χ2v) is 7.52. The zero-order chi connectivity index (χ0) is 20.6. The second kappa shape index (κ2) is 9.97. The molecule has 2 aromatic rings. The largest absolute Gasteiger partial charge is 0.461 e. The first kappa shape index (κ1) is 20.7.